The molecule has 0 saturated carbocycles. The van der Waals surface area contributed by atoms with E-state index in [1.807, 2.05) is 0 Å². The van der Waals surface area contributed by atoms with Crippen LogP contribution in [0.3, 0.4) is 0 Å². The fraction of sp³-hybridized carbons (Fsp3) is 0.333. The van der Waals surface area contributed by atoms with Gasteiger partial charge in [0.1, 0.15) is 0 Å². The Kier molecular flexibility index (Phi) is 8.46. The van der Waals surface area contributed by atoms with Gasteiger partial charge in [0.25, 0.3) is 0 Å². The van der Waals surface area contributed by atoms with Crippen molar-refractivity contribution in [3.8, 4) is 11.1 Å². The van der Waals surface area contributed by atoms with E-state index in [0.717, 1.165) is 12.8 Å². The summed E-state index contributed by atoms with van der Waals surface area (Å²) >= 11 is 0. The second-order valence-corrected chi connectivity index (χ2v) is 16.3. The third-order valence-corrected chi connectivity index (χ3v) is 12.3. The van der Waals surface area contributed by atoms with Gasteiger partial charge in [-0.1, -0.05) is 151 Å². The monoisotopic (exact) mass is 643 g/mol. The lowest BCUT2D eigenvalue weighted by Gasteiger charge is -2.41. The molecule has 0 heterocycles. The highest BCUT2D eigenvalue weighted by Gasteiger charge is 2.39. The summed E-state index contributed by atoms with van der Waals surface area (Å²) in [5.74, 6) is 0.634. The largest absolute Gasteiger partial charge is 0.365 e. The highest BCUT2D eigenvalue weighted by molar-refractivity contribution is 5.86. The highest BCUT2D eigenvalue weighted by atomic mass is 15.2. The standard InChI is InChI=1S/C48H53N/c1-9-48(7,49(8)41-23-20-36-15-11-13-17-38(36)30-41)40-22-25-43-42-24-21-39(31-44(42)47(5,6)45(43)32-40)46(3,4)27-26-33(2)28-34-18-19-35-14-10-12-16-37(35)29-34/h10-25,29-33H,9,26-28H2,1-8H3. The van der Waals surface area contributed by atoms with E-state index >= 15 is 0 Å². The number of anilines is 1. The van der Waals surface area contributed by atoms with Crippen LogP contribution in [-0.2, 0) is 22.8 Å². The molecule has 2 atom stereocenters. The van der Waals surface area contributed by atoms with Crippen molar-refractivity contribution in [1.82, 2.24) is 0 Å². The average Bonchev–Trinajstić information content (AvgIpc) is 3.35. The average molecular weight is 644 g/mol. The van der Waals surface area contributed by atoms with Gasteiger partial charge < -0.3 is 4.90 Å². The van der Waals surface area contributed by atoms with E-state index in [4.69, 9.17) is 0 Å². The minimum absolute atomic E-state index is 0.0632. The van der Waals surface area contributed by atoms with Gasteiger partial charge in [-0.15, -0.1) is 0 Å². The van der Waals surface area contributed by atoms with E-state index in [0.29, 0.717) is 5.92 Å². The number of benzene rings is 6. The predicted molar refractivity (Wildman–Crippen MR) is 213 cm³/mol. The first-order valence-corrected chi connectivity index (χ1v) is 18.4. The summed E-state index contributed by atoms with van der Waals surface area (Å²) < 4.78 is 0. The smallest absolute Gasteiger partial charge is 0.0619 e. The van der Waals surface area contributed by atoms with Gasteiger partial charge in [0, 0.05) is 18.2 Å². The molecule has 0 radical (unpaired) electrons. The number of fused-ring (bicyclic) bond motifs is 5. The van der Waals surface area contributed by atoms with E-state index in [-0.39, 0.29) is 16.4 Å². The Bertz CT molecular complexity index is 2150. The Morgan fingerprint density at radius 3 is 1.82 bits per heavy atom. The summed E-state index contributed by atoms with van der Waals surface area (Å²) in [5, 5.41) is 5.24. The van der Waals surface area contributed by atoms with Crippen LogP contribution in [0.25, 0.3) is 32.7 Å². The molecule has 0 aliphatic heterocycles. The van der Waals surface area contributed by atoms with Crippen molar-refractivity contribution < 1.29 is 0 Å². The van der Waals surface area contributed by atoms with Crippen LogP contribution < -0.4 is 4.90 Å². The lowest BCUT2D eigenvalue weighted by atomic mass is 9.75. The first-order valence-electron chi connectivity index (χ1n) is 18.4. The van der Waals surface area contributed by atoms with Crippen LogP contribution in [0.4, 0.5) is 5.69 Å². The zero-order valence-corrected chi connectivity index (χ0v) is 30.9. The van der Waals surface area contributed by atoms with Crippen LogP contribution >= 0.6 is 0 Å². The molecule has 0 amide bonds. The first-order chi connectivity index (χ1) is 23.4. The lowest BCUT2D eigenvalue weighted by molar-refractivity contribution is 0.398. The van der Waals surface area contributed by atoms with Crippen molar-refractivity contribution in [1.29, 1.82) is 0 Å². The molecule has 0 aromatic heterocycles. The lowest BCUT2D eigenvalue weighted by Crippen LogP contribution is -2.41. The maximum absolute atomic E-state index is 2.54. The van der Waals surface area contributed by atoms with Gasteiger partial charge in [-0.05, 0) is 117 Å². The summed E-state index contributed by atoms with van der Waals surface area (Å²) in [6.07, 6.45) is 4.53. The second kappa shape index (κ2) is 12.5. The van der Waals surface area contributed by atoms with Crippen molar-refractivity contribution in [3.63, 3.8) is 0 Å². The van der Waals surface area contributed by atoms with Gasteiger partial charge in [0.05, 0.1) is 5.54 Å². The number of hydrogen-bond acceptors (Lipinski definition) is 1. The molecule has 1 nitrogen and oxygen atoms in total. The fourth-order valence-corrected chi connectivity index (χ4v) is 8.42. The maximum atomic E-state index is 2.54. The van der Waals surface area contributed by atoms with E-state index in [9.17, 15) is 0 Å². The van der Waals surface area contributed by atoms with Crippen molar-refractivity contribution in [2.24, 2.45) is 5.92 Å². The van der Waals surface area contributed by atoms with Crippen LogP contribution in [0.1, 0.15) is 95.5 Å². The Morgan fingerprint density at radius 1 is 0.633 bits per heavy atom. The maximum Gasteiger partial charge on any atom is 0.0619 e. The van der Waals surface area contributed by atoms with Gasteiger partial charge in [0.15, 0.2) is 0 Å². The van der Waals surface area contributed by atoms with E-state index in [2.05, 4.69) is 182 Å². The van der Waals surface area contributed by atoms with Crippen molar-refractivity contribution >= 4 is 27.2 Å². The minimum Gasteiger partial charge on any atom is -0.365 e. The zero-order valence-electron chi connectivity index (χ0n) is 30.9. The molecule has 1 heteroatoms. The molecule has 0 bridgehead atoms. The molecule has 49 heavy (non-hydrogen) atoms. The third-order valence-electron chi connectivity index (χ3n) is 12.3. The summed E-state index contributed by atoms with van der Waals surface area (Å²) in [4.78, 5) is 2.48. The van der Waals surface area contributed by atoms with Gasteiger partial charge in [-0.25, -0.2) is 0 Å². The van der Waals surface area contributed by atoms with E-state index in [1.54, 1.807) is 0 Å². The second-order valence-electron chi connectivity index (χ2n) is 16.3. The molecular weight excluding hydrogens is 591 g/mol. The minimum atomic E-state index is -0.140. The molecule has 6 aromatic carbocycles. The SMILES string of the molecule is CCC(C)(c1ccc2c(c1)C(C)(C)c1cc(C(C)(C)CCC(C)Cc3ccc4ccccc4c3)ccc1-2)N(C)c1ccc2ccccc2c1. The zero-order chi connectivity index (χ0) is 34.6. The Balaban J connectivity index is 1.11. The van der Waals surface area contributed by atoms with Crippen LogP contribution in [0.2, 0.25) is 0 Å². The molecule has 7 rings (SSSR count). The van der Waals surface area contributed by atoms with Crippen molar-refractivity contribution in [3.05, 3.63) is 149 Å². The fourth-order valence-electron chi connectivity index (χ4n) is 8.42. The van der Waals surface area contributed by atoms with Crippen LogP contribution in [0.5, 0.6) is 0 Å². The Morgan fingerprint density at radius 2 is 1.18 bits per heavy atom. The van der Waals surface area contributed by atoms with Crippen LogP contribution in [-0.4, -0.2) is 7.05 Å². The van der Waals surface area contributed by atoms with Crippen molar-refractivity contribution in [2.75, 3.05) is 11.9 Å². The van der Waals surface area contributed by atoms with Gasteiger partial charge in [-0.3, -0.25) is 0 Å². The summed E-state index contributed by atoms with van der Waals surface area (Å²) in [7, 11) is 2.26. The predicted octanol–water partition coefficient (Wildman–Crippen LogP) is 13.0. The molecule has 2 unspecified atom stereocenters. The third kappa shape index (κ3) is 5.96. The molecule has 250 valence electrons. The molecule has 0 spiro atoms. The van der Waals surface area contributed by atoms with Crippen LogP contribution in [0.15, 0.2) is 121 Å². The van der Waals surface area contributed by atoms with Crippen molar-refractivity contribution in [2.45, 2.75) is 90.5 Å². The summed E-state index contributed by atoms with van der Waals surface area (Å²) in [5.41, 5.74) is 11.2. The quantitative estimate of drug-likeness (QED) is 0.144. The molecule has 0 saturated heterocycles. The number of nitrogens with zero attached hydrogens (tertiary/aromatic N) is 1. The van der Waals surface area contributed by atoms with E-state index in [1.165, 1.54) is 79.0 Å². The highest BCUT2D eigenvalue weighted by Crippen LogP contribution is 2.51. The van der Waals surface area contributed by atoms with Gasteiger partial charge in [-0.2, -0.15) is 0 Å². The molecule has 0 fully saturated rings. The Labute approximate surface area is 295 Å². The normalized spacial score (nSPS) is 15.5. The van der Waals surface area contributed by atoms with Gasteiger partial charge >= 0.3 is 0 Å². The van der Waals surface area contributed by atoms with Gasteiger partial charge in [0.2, 0.25) is 0 Å². The molecular formula is C48H53N. The summed E-state index contributed by atoms with van der Waals surface area (Å²) in [6.45, 7) is 16.9. The summed E-state index contributed by atoms with van der Waals surface area (Å²) in [6, 6.07) is 45.9. The molecule has 1 aliphatic carbocycles. The molecule has 6 aromatic rings. The first kappa shape index (κ1) is 33.2. The number of rotatable bonds is 10. The molecule has 0 N–H and O–H groups in total. The number of hydrogen-bond donors (Lipinski definition) is 0. The topological polar surface area (TPSA) is 3.24 Å². The Hall–Kier alpha value is -4.36. The van der Waals surface area contributed by atoms with E-state index < -0.39 is 0 Å². The van der Waals surface area contributed by atoms with Crippen LogP contribution in [0, 0.1) is 5.92 Å². The molecule has 1 aliphatic rings.